The van der Waals surface area contributed by atoms with Crippen molar-refractivity contribution in [2.24, 2.45) is 0 Å². The number of nitrogens with zero attached hydrogens (tertiary/aromatic N) is 2. The van der Waals surface area contributed by atoms with E-state index in [1.54, 1.807) is 0 Å². The highest BCUT2D eigenvalue weighted by Crippen LogP contribution is 2.55. The third kappa shape index (κ3) is 5.11. The molecular formula is C56H44N2. The van der Waals surface area contributed by atoms with Gasteiger partial charge in [0, 0.05) is 44.8 Å². The number of benzene rings is 7. The Bertz CT molecular complexity index is 2770. The predicted octanol–water partition coefficient (Wildman–Crippen LogP) is 14.3. The first-order valence-corrected chi connectivity index (χ1v) is 20.6. The van der Waals surface area contributed by atoms with Gasteiger partial charge in [0.2, 0.25) is 0 Å². The number of aromatic nitrogens is 2. The van der Waals surface area contributed by atoms with Gasteiger partial charge in [0.25, 0.3) is 0 Å². The standard InChI is InChI=1S/C56H44N2/c1-55(2,51-41-27-15-11-23-37(41)38-24-12-16-28-42(38)51)49-33-47(35-19-7-5-8-20-35)45-31-32-46-48(36-21-9-6-10-22-36)34-50(58-54(46)53(45)57-49)56(3,4)52-43-29-17-13-25-39(43)40-26-14-18-30-44(40)52/h5-34,51-52H,1-4H3. The Balaban J connectivity index is 1.20. The van der Waals surface area contributed by atoms with Crippen LogP contribution in [0.3, 0.4) is 0 Å². The molecule has 0 bridgehead atoms. The second-order valence-electron chi connectivity index (χ2n) is 17.4. The van der Waals surface area contributed by atoms with Crippen LogP contribution < -0.4 is 0 Å². The van der Waals surface area contributed by atoms with Crippen LogP contribution in [0, 0.1) is 0 Å². The summed E-state index contributed by atoms with van der Waals surface area (Å²) >= 11 is 0. The first kappa shape index (κ1) is 34.6. The summed E-state index contributed by atoms with van der Waals surface area (Å²) in [5.74, 6) is 0.265. The Morgan fingerprint density at radius 3 is 0.948 bits per heavy atom. The summed E-state index contributed by atoms with van der Waals surface area (Å²) < 4.78 is 0. The van der Waals surface area contributed by atoms with Crippen LogP contribution in [-0.4, -0.2) is 9.97 Å². The van der Waals surface area contributed by atoms with Gasteiger partial charge in [-0.25, -0.2) is 9.97 Å². The highest BCUT2D eigenvalue weighted by atomic mass is 14.8. The van der Waals surface area contributed by atoms with E-state index in [0.29, 0.717) is 0 Å². The molecule has 2 aliphatic carbocycles. The molecule has 58 heavy (non-hydrogen) atoms. The average molecular weight is 745 g/mol. The van der Waals surface area contributed by atoms with Crippen LogP contribution in [0.1, 0.15) is 73.2 Å². The highest BCUT2D eigenvalue weighted by molar-refractivity contribution is 6.12. The Morgan fingerprint density at radius 1 is 0.328 bits per heavy atom. The second-order valence-corrected chi connectivity index (χ2v) is 17.4. The van der Waals surface area contributed by atoms with Crippen LogP contribution >= 0.6 is 0 Å². The lowest BCUT2D eigenvalue weighted by Gasteiger charge is -2.34. The molecule has 0 amide bonds. The van der Waals surface area contributed by atoms with E-state index in [9.17, 15) is 0 Å². The monoisotopic (exact) mass is 744 g/mol. The SMILES string of the molecule is CC(C)(c1cc(-c2ccccc2)c2ccc3c(-c4ccccc4)cc(C(C)(C)C4c5ccccc5-c5ccccc54)nc3c2n1)C1c2ccccc2-c2ccccc21. The van der Waals surface area contributed by atoms with E-state index in [2.05, 4.69) is 210 Å². The van der Waals surface area contributed by atoms with Gasteiger partial charge in [-0.2, -0.15) is 0 Å². The minimum atomic E-state index is -0.362. The summed E-state index contributed by atoms with van der Waals surface area (Å²) in [7, 11) is 0. The maximum atomic E-state index is 5.82. The molecule has 9 aromatic rings. The van der Waals surface area contributed by atoms with Crippen LogP contribution in [0.2, 0.25) is 0 Å². The van der Waals surface area contributed by atoms with Gasteiger partial charge in [-0.15, -0.1) is 0 Å². The van der Waals surface area contributed by atoms with Gasteiger partial charge >= 0.3 is 0 Å². The lowest BCUT2D eigenvalue weighted by atomic mass is 9.70. The van der Waals surface area contributed by atoms with Gasteiger partial charge in [0.05, 0.1) is 11.0 Å². The molecule has 0 N–H and O–H groups in total. The van der Waals surface area contributed by atoms with Crippen molar-refractivity contribution in [3.8, 4) is 44.5 Å². The van der Waals surface area contributed by atoms with Crippen molar-refractivity contribution in [2.75, 3.05) is 0 Å². The van der Waals surface area contributed by atoms with Gasteiger partial charge in [-0.05, 0) is 78.9 Å². The van der Waals surface area contributed by atoms with Crippen LogP contribution in [0.25, 0.3) is 66.3 Å². The van der Waals surface area contributed by atoms with E-state index in [0.717, 1.165) is 33.2 Å². The molecule has 2 aliphatic rings. The number of rotatable bonds is 6. The maximum absolute atomic E-state index is 5.82. The van der Waals surface area contributed by atoms with Crippen LogP contribution in [-0.2, 0) is 10.8 Å². The molecule has 2 nitrogen and oxygen atoms in total. The molecule has 2 heterocycles. The smallest absolute Gasteiger partial charge is 0.0974 e. The number of fused-ring (bicyclic) bond motifs is 9. The molecule has 2 aromatic heterocycles. The summed E-state index contributed by atoms with van der Waals surface area (Å²) in [5.41, 5.74) is 18.8. The van der Waals surface area contributed by atoms with E-state index in [-0.39, 0.29) is 22.7 Å². The summed E-state index contributed by atoms with van der Waals surface area (Å²) in [5, 5.41) is 2.23. The zero-order valence-electron chi connectivity index (χ0n) is 33.4. The quantitative estimate of drug-likeness (QED) is 0.158. The molecule has 0 unspecified atom stereocenters. The third-order valence-electron chi connectivity index (χ3n) is 13.4. The topological polar surface area (TPSA) is 25.8 Å². The van der Waals surface area contributed by atoms with Crippen molar-refractivity contribution in [1.29, 1.82) is 0 Å². The lowest BCUT2D eigenvalue weighted by Crippen LogP contribution is -2.28. The summed E-state index contributed by atoms with van der Waals surface area (Å²) in [6, 6.07) is 66.7. The van der Waals surface area contributed by atoms with E-state index >= 15 is 0 Å². The molecule has 0 fully saturated rings. The number of pyridine rings is 2. The fraction of sp³-hybridized carbons (Fsp3) is 0.143. The van der Waals surface area contributed by atoms with E-state index in [4.69, 9.17) is 9.97 Å². The molecule has 278 valence electrons. The lowest BCUT2D eigenvalue weighted by molar-refractivity contribution is 0.452. The fourth-order valence-electron chi connectivity index (χ4n) is 10.5. The molecule has 2 heteroatoms. The Morgan fingerprint density at radius 2 is 0.621 bits per heavy atom. The minimum absolute atomic E-state index is 0.133. The maximum Gasteiger partial charge on any atom is 0.0974 e. The molecular weight excluding hydrogens is 701 g/mol. The molecule has 7 aromatic carbocycles. The first-order valence-electron chi connectivity index (χ1n) is 20.6. The highest BCUT2D eigenvalue weighted by Gasteiger charge is 2.43. The molecule has 0 saturated heterocycles. The Labute approximate surface area is 340 Å². The second kappa shape index (κ2) is 12.9. The molecule has 0 spiro atoms. The Hall–Kier alpha value is -6.64. The van der Waals surface area contributed by atoms with Gasteiger partial charge in [0.15, 0.2) is 0 Å². The number of hydrogen-bond donors (Lipinski definition) is 0. The first-order chi connectivity index (χ1) is 28.3. The van der Waals surface area contributed by atoms with Crippen molar-refractivity contribution in [2.45, 2.75) is 50.4 Å². The summed E-state index contributed by atoms with van der Waals surface area (Å²) in [6.45, 7) is 9.54. The average Bonchev–Trinajstić information content (AvgIpc) is 3.80. The molecule has 0 aliphatic heterocycles. The van der Waals surface area contributed by atoms with Gasteiger partial charge in [-0.3, -0.25) is 0 Å². The van der Waals surface area contributed by atoms with Crippen molar-refractivity contribution >= 4 is 21.8 Å². The largest absolute Gasteiger partial charge is 0.250 e. The molecule has 0 saturated carbocycles. The van der Waals surface area contributed by atoms with Gasteiger partial charge in [0.1, 0.15) is 0 Å². The van der Waals surface area contributed by atoms with Crippen molar-refractivity contribution in [1.82, 2.24) is 9.97 Å². The predicted molar refractivity (Wildman–Crippen MR) is 241 cm³/mol. The fourth-order valence-corrected chi connectivity index (χ4v) is 10.5. The third-order valence-corrected chi connectivity index (χ3v) is 13.4. The van der Waals surface area contributed by atoms with Crippen molar-refractivity contribution in [3.05, 3.63) is 216 Å². The van der Waals surface area contributed by atoms with Crippen molar-refractivity contribution in [3.63, 3.8) is 0 Å². The zero-order valence-corrected chi connectivity index (χ0v) is 33.4. The minimum Gasteiger partial charge on any atom is -0.250 e. The van der Waals surface area contributed by atoms with E-state index in [1.807, 2.05) is 0 Å². The number of hydrogen-bond acceptors (Lipinski definition) is 2. The molecule has 11 rings (SSSR count). The zero-order chi connectivity index (χ0) is 39.2. The van der Waals surface area contributed by atoms with E-state index in [1.165, 1.54) is 66.8 Å². The van der Waals surface area contributed by atoms with Crippen LogP contribution in [0.5, 0.6) is 0 Å². The van der Waals surface area contributed by atoms with Crippen LogP contribution in [0.15, 0.2) is 182 Å². The summed E-state index contributed by atoms with van der Waals surface area (Å²) in [6.07, 6.45) is 0. The molecule has 0 radical (unpaired) electrons. The Kier molecular flexibility index (Phi) is 7.72. The normalized spacial score (nSPS) is 13.7. The summed E-state index contributed by atoms with van der Waals surface area (Å²) in [4.78, 5) is 11.6. The molecule has 0 atom stereocenters. The van der Waals surface area contributed by atoms with Crippen molar-refractivity contribution < 1.29 is 0 Å². The van der Waals surface area contributed by atoms with E-state index < -0.39 is 0 Å². The van der Waals surface area contributed by atoms with Gasteiger partial charge < -0.3 is 0 Å². The van der Waals surface area contributed by atoms with Gasteiger partial charge in [-0.1, -0.05) is 198 Å². The van der Waals surface area contributed by atoms with Crippen LogP contribution in [0.4, 0.5) is 0 Å².